The molecule has 0 fully saturated rings. The van der Waals surface area contributed by atoms with Gasteiger partial charge in [0, 0.05) is 13.1 Å². The van der Waals surface area contributed by atoms with E-state index in [1.807, 2.05) is 7.05 Å². The molecule has 1 N–H and O–H groups in total. The zero-order chi connectivity index (χ0) is 10.6. The van der Waals surface area contributed by atoms with Crippen molar-refractivity contribution in [3.63, 3.8) is 0 Å². The lowest BCUT2D eigenvalue weighted by Gasteiger charge is -2.27. The van der Waals surface area contributed by atoms with Gasteiger partial charge in [-0.3, -0.25) is 0 Å². The molecule has 0 atom stereocenters. The highest BCUT2D eigenvalue weighted by Gasteiger charge is 2.22. The number of hydrogen-bond acceptors (Lipinski definition) is 2. The van der Waals surface area contributed by atoms with Crippen molar-refractivity contribution < 1.29 is 4.74 Å². The van der Waals surface area contributed by atoms with Crippen molar-refractivity contribution in [2.75, 3.05) is 14.2 Å². The van der Waals surface area contributed by atoms with Crippen molar-refractivity contribution in [3.05, 3.63) is 35.8 Å². The summed E-state index contributed by atoms with van der Waals surface area (Å²) in [6, 6.07) is 0. The van der Waals surface area contributed by atoms with Crippen LogP contribution in [-0.2, 0) is 4.74 Å². The second-order valence-corrected chi connectivity index (χ2v) is 4.10. The van der Waals surface area contributed by atoms with Crippen LogP contribution in [0.25, 0.3) is 0 Å². The van der Waals surface area contributed by atoms with Crippen molar-refractivity contribution in [3.8, 4) is 0 Å². The van der Waals surface area contributed by atoms with Gasteiger partial charge in [-0.25, -0.2) is 0 Å². The zero-order valence-corrected chi connectivity index (χ0v) is 9.42. The summed E-state index contributed by atoms with van der Waals surface area (Å²) in [7, 11) is 3.54. The fourth-order valence-electron chi connectivity index (χ4n) is 1.50. The summed E-state index contributed by atoms with van der Waals surface area (Å²) in [5.74, 6) is 0.805. The molecule has 1 aliphatic rings. The predicted molar refractivity (Wildman–Crippen MR) is 59.8 cm³/mol. The predicted octanol–water partition coefficient (Wildman–Crippen LogP) is 2.61. The molecule has 14 heavy (non-hydrogen) atoms. The highest BCUT2D eigenvalue weighted by Crippen LogP contribution is 2.34. The molecule has 0 radical (unpaired) electrons. The van der Waals surface area contributed by atoms with Gasteiger partial charge in [-0.15, -0.1) is 0 Å². The topological polar surface area (TPSA) is 21.3 Å². The van der Waals surface area contributed by atoms with E-state index in [2.05, 4.69) is 43.5 Å². The molecule has 0 amide bonds. The second-order valence-electron chi connectivity index (χ2n) is 4.10. The molecule has 0 spiro atoms. The van der Waals surface area contributed by atoms with Crippen LogP contribution < -0.4 is 5.32 Å². The van der Waals surface area contributed by atoms with Crippen LogP contribution in [0, 0.1) is 5.41 Å². The summed E-state index contributed by atoms with van der Waals surface area (Å²) in [6.07, 6.45) is 9.57. The number of methoxy groups -OCH3 is 1. The van der Waals surface area contributed by atoms with Crippen molar-refractivity contribution in [1.82, 2.24) is 5.32 Å². The highest BCUT2D eigenvalue weighted by atomic mass is 16.5. The average Bonchev–Trinajstić information content (AvgIpc) is 2.16. The maximum absolute atomic E-state index is 5.18. The smallest absolute Gasteiger partial charge is 0.186 e. The van der Waals surface area contributed by atoms with Crippen LogP contribution in [0.5, 0.6) is 0 Å². The summed E-state index contributed by atoms with van der Waals surface area (Å²) >= 11 is 0. The van der Waals surface area contributed by atoms with Gasteiger partial charge in [0.25, 0.3) is 0 Å². The van der Waals surface area contributed by atoms with Crippen LogP contribution in [-0.4, -0.2) is 14.2 Å². The molecule has 0 aromatic heterocycles. The lowest BCUT2D eigenvalue weighted by atomic mass is 9.78. The Morgan fingerprint density at radius 1 is 1.57 bits per heavy atom. The van der Waals surface area contributed by atoms with Gasteiger partial charge in [0.05, 0.1) is 7.11 Å². The van der Waals surface area contributed by atoms with Crippen LogP contribution in [0.15, 0.2) is 35.8 Å². The molecule has 0 aromatic rings. The van der Waals surface area contributed by atoms with E-state index in [1.165, 1.54) is 5.57 Å². The Labute approximate surface area is 86.3 Å². The lowest BCUT2D eigenvalue weighted by Crippen LogP contribution is -2.17. The van der Waals surface area contributed by atoms with Gasteiger partial charge in [0.15, 0.2) is 5.88 Å². The van der Waals surface area contributed by atoms with E-state index in [0.717, 1.165) is 12.3 Å². The fraction of sp³-hybridized carbons (Fsp3) is 0.500. The van der Waals surface area contributed by atoms with E-state index in [4.69, 9.17) is 4.74 Å². The summed E-state index contributed by atoms with van der Waals surface area (Å²) in [6.45, 7) is 4.48. The SMILES string of the molecule is CN/C(=C\C1=CC=CCC1(C)C)OC. The third kappa shape index (κ3) is 2.41. The Morgan fingerprint density at radius 2 is 2.29 bits per heavy atom. The molecule has 0 bridgehead atoms. The summed E-state index contributed by atoms with van der Waals surface area (Å²) < 4.78 is 5.18. The minimum Gasteiger partial charge on any atom is -0.483 e. The number of nitrogens with one attached hydrogen (secondary N) is 1. The van der Waals surface area contributed by atoms with Crippen molar-refractivity contribution in [1.29, 1.82) is 0 Å². The molecule has 0 aromatic carbocycles. The summed E-state index contributed by atoms with van der Waals surface area (Å²) in [4.78, 5) is 0. The zero-order valence-electron chi connectivity index (χ0n) is 9.42. The standard InChI is InChI=1S/C12H19NO/c1-12(2)8-6-5-7-10(12)9-11(13-3)14-4/h5-7,9,13H,8H2,1-4H3/b11-9+. The first-order valence-electron chi connectivity index (χ1n) is 4.91. The van der Waals surface area contributed by atoms with Gasteiger partial charge in [-0.2, -0.15) is 0 Å². The third-order valence-electron chi connectivity index (χ3n) is 2.57. The van der Waals surface area contributed by atoms with Crippen LogP contribution in [0.1, 0.15) is 20.3 Å². The van der Waals surface area contributed by atoms with E-state index in [-0.39, 0.29) is 5.41 Å². The van der Waals surface area contributed by atoms with E-state index < -0.39 is 0 Å². The molecule has 1 rings (SSSR count). The monoisotopic (exact) mass is 193 g/mol. The molecule has 78 valence electrons. The maximum atomic E-state index is 5.18. The van der Waals surface area contributed by atoms with Gasteiger partial charge < -0.3 is 10.1 Å². The third-order valence-corrected chi connectivity index (χ3v) is 2.57. The van der Waals surface area contributed by atoms with Crippen LogP contribution in [0.4, 0.5) is 0 Å². The molecule has 1 aliphatic carbocycles. The number of ether oxygens (including phenoxy) is 1. The van der Waals surface area contributed by atoms with Crippen molar-refractivity contribution >= 4 is 0 Å². The van der Waals surface area contributed by atoms with Gasteiger partial charge in [-0.1, -0.05) is 32.1 Å². The molecule has 0 aliphatic heterocycles. The molecule has 0 saturated carbocycles. The molecule has 0 unspecified atom stereocenters. The van der Waals surface area contributed by atoms with Crippen LogP contribution in [0.3, 0.4) is 0 Å². The summed E-state index contributed by atoms with van der Waals surface area (Å²) in [5.41, 5.74) is 1.50. The molecular weight excluding hydrogens is 174 g/mol. The van der Waals surface area contributed by atoms with E-state index in [0.29, 0.717) is 0 Å². The molecule has 2 nitrogen and oxygen atoms in total. The van der Waals surface area contributed by atoms with Gasteiger partial charge in [0.2, 0.25) is 0 Å². The Hall–Kier alpha value is -1.18. The highest BCUT2D eigenvalue weighted by molar-refractivity contribution is 5.34. The first kappa shape index (κ1) is 10.9. The minimum atomic E-state index is 0.204. The Bertz CT molecular complexity index is 279. The molecular formula is C12H19NO. The average molecular weight is 193 g/mol. The fourth-order valence-corrected chi connectivity index (χ4v) is 1.50. The molecule has 0 saturated heterocycles. The minimum absolute atomic E-state index is 0.204. The van der Waals surface area contributed by atoms with E-state index >= 15 is 0 Å². The first-order chi connectivity index (χ1) is 6.60. The Kier molecular flexibility index (Phi) is 3.39. The first-order valence-corrected chi connectivity index (χ1v) is 4.91. The van der Waals surface area contributed by atoms with Crippen molar-refractivity contribution in [2.45, 2.75) is 20.3 Å². The van der Waals surface area contributed by atoms with Crippen LogP contribution in [0.2, 0.25) is 0 Å². The molecule has 2 heteroatoms. The number of rotatable bonds is 3. The van der Waals surface area contributed by atoms with Gasteiger partial charge in [-0.05, 0) is 17.4 Å². The number of allylic oxidation sites excluding steroid dienone is 5. The van der Waals surface area contributed by atoms with Crippen LogP contribution >= 0.6 is 0 Å². The lowest BCUT2D eigenvalue weighted by molar-refractivity contribution is 0.266. The maximum Gasteiger partial charge on any atom is 0.186 e. The summed E-state index contributed by atoms with van der Waals surface area (Å²) in [5, 5.41) is 3.01. The van der Waals surface area contributed by atoms with E-state index in [9.17, 15) is 0 Å². The largest absolute Gasteiger partial charge is 0.483 e. The van der Waals surface area contributed by atoms with Gasteiger partial charge >= 0.3 is 0 Å². The normalized spacial score (nSPS) is 20.3. The van der Waals surface area contributed by atoms with E-state index in [1.54, 1.807) is 7.11 Å². The second kappa shape index (κ2) is 4.36. The Morgan fingerprint density at radius 3 is 2.79 bits per heavy atom. The van der Waals surface area contributed by atoms with Crippen molar-refractivity contribution in [2.24, 2.45) is 5.41 Å². The Balaban J connectivity index is 2.90. The van der Waals surface area contributed by atoms with Gasteiger partial charge in [0.1, 0.15) is 0 Å². The number of hydrogen-bond donors (Lipinski definition) is 1. The quantitative estimate of drug-likeness (QED) is 0.696. The molecule has 0 heterocycles.